The molecule has 1 aliphatic rings. The van der Waals surface area contributed by atoms with Crippen LogP contribution >= 0.6 is 15.9 Å². The minimum absolute atomic E-state index is 0.476. The molecular formula is C15H23BrN2O. The number of hydrogen-bond acceptors (Lipinski definition) is 3. The van der Waals surface area contributed by atoms with Crippen molar-refractivity contribution in [3.8, 4) is 5.75 Å². The van der Waals surface area contributed by atoms with Crippen LogP contribution in [0.5, 0.6) is 5.75 Å². The second-order valence-electron chi connectivity index (χ2n) is 5.39. The first-order chi connectivity index (χ1) is 9.13. The Balaban J connectivity index is 2.25. The summed E-state index contributed by atoms with van der Waals surface area (Å²) < 4.78 is 6.35. The summed E-state index contributed by atoms with van der Waals surface area (Å²) in [5, 5.41) is 3.44. The van der Waals surface area contributed by atoms with Crippen LogP contribution in [0.1, 0.15) is 24.4 Å². The van der Waals surface area contributed by atoms with Gasteiger partial charge in [0.15, 0.2) is 0 Å². The van der Waals surface area contributed by atoms with Crippen molar-refractivity contribution in [2.45, 2.75) is 18.9 Å². The first kappa shape index (κ1) is 14.8. The summed E-state index contributed by atoms with van der Waals surface area (Å²) in [7, 11) is 6.05. The van der Waals surface area contributed by atoms with Gasteiger partial charge >= 0.3 is 0 Å². The summed E-state index contributed by atoms with van der Waals surface area (Å²) >= 11 is 3.59. The minimum Gasteiger partial charge on any atom is -0.496 e. The SMILES string of the molecule is COc1ccc(C(C2CCNCC2)N(C)C)cc1Br. The predicted molar refractivity (Wildman–Crippen MR) is 82.7 cm³/mol. The van der Waals surface area contributed by atoms with E-state index in [0.29, 0.717) is 6.04 Å². The molecular weight excluding hydrogens is 304 g/mol. The molecule has 3 nitrogen and oxygen atoms in total. The molecule has 1 unspecified atom stereocenters. The summed E-state index contributed by atoms with van der Waals surface area (Å²) in [6.45, 7) is 2.26. The van der Waals surface area contributed by atoms with Gasteiger partial charge in [0.2, 0.25) is 0 Å². The van der Waals surface area contributed by atoms with E-state index in [1.54, 1.807) is 7.11 Å². The van der Waals surface area contributed by atoms with Gasteiger partial charge in [-0.3, -0.25) is 0 Å². The molecule has 0 bridgehead atoms. The standard InChI is InChI=1S/C15H23BrN2O/c1-18(2)15(11-6-8-17-9-7-11)12-4-5-14(19-3)13(16)10-12/h4-5,10-11,15,17H,6-9H2,1-3H3. The summed E-state index contributed by atoms with van der Waals surface area (Å²) in [5.41, 5.74) is 1.37. The van der Waals surface area contributed by atoms with Crippen LogP contribution in [0.2, 0.25) is 0 Å². The second-order valence-corrected chi connectivity index (χ2v) is 6.24. The van der Waals surface area contributed by atoms with Crippen LogP contribution in [-0.4, -0.2) is 39.2 Å². The number of methoxy groups -OCH3 is 1. The highest BCUT2D eigenvalue weighted by Gasteiger charge is 2.27. The molecule has 1 fully saturated rings. The number of nitrogens with zero attached hydrogens (tertiary/aromatic N) is 1. The topological polar surface area (TPSA) is 24.5 Å². The zero-order valence-electron chi connectivity index (χ0n) is 11.9. The molecule has 1 aromatic rings. The third kappa shape index (κ3) is 3.50. The molecule has 2 rings (SSSR count). The van der Waals surface area contributed by atoms with Crippen molar-refractivity contribution in [1.29, 1.82) is 0 Å². The second kappa shape index (κ2) is 6.73. The molecule has 1 atom stereocenters. The Kier molecular flexibility index (Phi) is 5.25. The van der Waals surface area contributed by atoms with E-state index in [2.05, 4.69) is 58.4 Å². The zero-order chi connectivity index (χ0) is 13.8. The van der Waals surface area contributed by atoms with Crippen molar-refractivity contribution in [3.05, 3.63) is 28.2 Å². The molecule has 19 heavy (non-hydrogen) atoms. The van der Waals surface area contributed by atoms with Crippen LogP contribution in [0, 0.1) is 5.92 Å². The van der Waals surface area contributed by atoms with Crippen molar-refractivity contribution in [1.82, 2.24) is 10.2 Å². The normalized spacial score (nSPS) is 18.6. The van der Waals surface area contributed by atoms with Crippen molar-refractivity contribution in [2.24, 2.45) is 5.92 Å². The lowest BCUT2D eigenvalue weighted by Crippen LogP contribution is -2.36. The van der Waals surface area contributed by atoms with Gasteiger partial charge in [0, 0.05) is 6.04 Å². The van der Waals surface area contributed by atoms with Gasteiger partial charge in [-0.15, -0.1) is 0 Å². The average Bonchev–Trinajstić information content (AvgIpc) is 2.40. The van der Waals surface area contributed by atoms with E-state index in [4.69, 9.17) is 4.74 Å². The predicted octanol–water partition coefficient (Wildman–Crippen LogP) is 3.06. The highest BCUT2D eigenvalue weighted by atomic mass is 79.9. The molecule has 0 radical (unpaired) electrons. The van der Waals surface area contributed by atoms with Gasteiger partial charge in [0.1, 0.15) is 5.75 Å². The van der Waals surface area contributed by atoms with Crippen LogP contribution in [0.15, 0.2) is 22.7 Å². The highest BCUT2D eigenvalue weighted by Crippen LogP contribution is 2.36. The van der Waals surface area contributed by atoms with Gasteiger partial charge in [0.25, 0.3) is 0 Å². The first-order valence-corrected chi connectivity index (χ1v) is 7.63. The molecule has 1 aromatic carbocycles. The van der Waals surface area contributed by atoms with Crippen LogP contribution in [-0.2, 0) is 0 Å². The molecule has 1 aliphatic heterocycles. The average molecular weight is 327 g/mol. The monoisotopic (exact) mass is 326 g/mol. The number of piperidine rings is 1. The number of benzene rings is 1. The fourth-order valence-corrected chi connectivity index (χ4v) is 3.58. The quantitative estimate of drug-likeness (QED) is 0.920. The lowest BCUT2D eigenvalue weighted by molar-refractivity contribution is 0.177. The maximum absolute atomic E-state index is 5.32. The van der Waals surface area contributed by atoms with Gasteiger partial charge < -0.3 is 15.0 Å². The van der Waals surface area contributed by atoms with Gasteiger partial charge in [0.05, 0.1) is 11.6 Å². The maximum Gasteiger partial charge on any atom is 0.133 e. The fourth-order valence-electron chi connectivity index (χ4n) is 3.02. The van der Waals surface area contributed by atoms with Gasteiger partial charge in [-0.1, -0.05) is 6.07 Å². The van der Waals surface area contributed by atoms with Crippen LogP contribution < -0.4 is 10.1 Å². The van der Waals surface area contributed by atoms with E-state index >= 15 is 0 Å². The number of nitrogens with one attached hydrogen (secondary N) is 1. The first-order valence-electron chi connectivity index (χ1n) is 6.84. The number of hydrogen-bond donors (Lipinski definition) is 1. The molecule has 0 spiro atoms. The van der Waals surface area contributed by atoms with Crippen LogP contribution in [0.25, 0.3) is 0 Å². The molecule has 4 heteroatoms. The Bertz CT molecular complexity index is 417. The molecule has 0 saturated carbocycles. The van der Waals surface area contributed by atoms with Crippen molar-refractivity contribution in [3.63, 3.8) is 0 Å². The molecule has 106 valence electrons. The Hall–Kier alpha value is -0.580. The summed E-state index contributed by atoms with van der Waals surface area (Å²) in [6.07, 6.45) is 2.49. The lowest BCUT2D eigenvalue weighted by atomic mass is 9.85. The summed E-state index contributed by atoms with van der Waals surface area (Å²) in [4.78, 5) is 2.34. The van der Waals surface area contributed by atoms with Crippen molar-refractivity contribution >= 4 is 15.9 Å². The van der Waals surface area contributed by atoms with Gasteiger partial charge in [-0.05, 0) is 79.6 Å². The van der Waals surface area contributed by atoms with E-state index in [9.17, 15) is 0 Å². The van der Waals surface area contributed by atoms with Crippen LogP contribution in [0.4, 0.5) is 0 Å². The Morgan fingerprint density at radius 3 is 2.53 bits per heavy atom. The third-order valence-electron chi connectivity index (χ3n) is 3.90. The largest absolute Gasteiger partial charge is 0.496 e. The lowest BCUT2D eigenvalue weighted by Gasteiger charge is -2.35. The Morgan fingerprint density at radius 2 is 2.00 bits per heavy atom. The minimum atomic E-state index is 0.476. The summed E-state index contributed by atoms with van der Waals surface area (Å²) in [6, 6.07) is 6.92. The van der Waals surface area contributed by atoms with Crippen molar-refractivity contribution < 1.29 is 4.74 Å². The van der Waals surface area contributed by atoms with E-state index in [1.807, 2.05) is 0 Å². The zero-order valence-corrected chi connectivity index (χ0v) is 13.5. The molecule has 1 heterocycles. The van der Waals surface area contributed by atoms with Gasteiger partial charge in [-0.2, -0.15) is 0 Å². The Labute approximate surface area is 124 Å². The molecule has 0 amide bonds. The number of rotatable bonds is 4. The van der Waals surface area contributed by atoms with E-state index in [1.165, 1.54) is 18.4 Å². The van der Waals surface area contributed by atoms with E-state index in [0.717, 1.165) is 29.2 Å². The number of ether oxygens (including phenoxy) is 1. The molecule has 1 N–H and O–H groups in total. The van der Waals surface area contributed by atoms with Crippen LogP contribution in [0.3, 0.4) is 0 Å². The Morgan fingerprint density at radius 1 is 1.32 bits per heavy atom. The highest BCUT2D eigenvalue weighted by molar-refractivity contribution is 9.10. The fraction of sp³-hybridized carbons (Fsp3) is 0.600. The third-order valence-corrected chi connectivity index (χ3v) is 4.52. The summed E-state index contributed by atoms with van der Waals surface area (Å²) in [5.74, 6) is 1.61. The molecule has 1 saturated heterocycles. The maximum atomic E-state index is 5.32. The van der Waals surface area contributed by atoms with E-state index < -0.39 is 0 Å². The number of halogens is 1. The molecule has 0 aromatic heterocycles. The van der Waals surface area contributed by atoms with Crippen molar-refractivity contribution in [2.75, 3.05) is 34.3 Å². The van der Waals surface area contributed by atoms with Gasteiger partial charge in [-0.25, -0.2) is 0 Å². The smallest absolute Gasteiger partial charge is 0.133 e. The van der Waals surface area contributed by atoms with E-state index in [-0.39, 0.29) is 0 Å². The molecule has 0 aliphatic carbocycles.